The Morgan fingerprint density at radius 1 is 1.30 bits per heavy atom. The molecule has 0 aliphatic carbocycles. The molecule has 4 rings (SSSR count). The number of nitrogens with zero attached hydrogens (tertiary/aromatic N) is 5. The molecule has 1 aliphatic rings. The van der Waals surface area contributed by atoms with E-state index >= 15 is 0 Å². The smallest absolute Gasteiger partial charge is 0.407 e. The molecule has 1 unspecified atom stereocenters. The van der Waals surface area contributed by atoms with Gasteiger partial charge in [-0.1, -0.05) is 0 Å². The summed E-state index contributed by atoms with van der Waals surface area (Å²) >= 11 is 0. The van der Waals surface area contributed by atoms with E-state index in [1.54, 1.807) is 0 Å². The highest BCUT2D eigenvalue weighted by atomic mass is 32.2. The van der Waals surface area contributed by atoms with Crippen LogP contribution in [0, 0.1) is 5.82 Å². The number of nitrogens with one attached hydrogen (secondary N) is 1. The second-order valence-electron chi connectivity index (χ2n) is 7.11. The van der Waals surface area contributed by atoms with Gasteiger partial charge in [0.15, 0.2) is 15.7 Å². The van der Waals surface area contributed by atoms with Gasteiger partial charge in [-0.2, -0.15) is 0 Å². The van der Waals surface area contributed by atoms with E-state index in [-0.39, 0.29) is 29.1 Å². The largest absolute Gasteiger partial charge is 0.465 e. The third-order valence-corrected chi connectivity index (χ3v) is 5.98. The maximum absolute atomic E-state index is 13.7. The van der Waals surface area contributed by atoms with Crippen molar-refractivity contribution in [1.29, 1.82) is 0 Å². The lowest BCUT2D eigenvalue weighted by Crippen LogP contribution is -2.44. The Labute approximate surface area is 171 Å². The van der Waals surface area contributed by atoms with E-state index in [0.717, 1.165) is 6.26 Å². The van der Waals surface area contributed by atoms with Crippen LogP contribution in [0.3, 0.4) is 0 Å². The summed E-state index contributed by atoms with van der Waals surface area (Å²) in [4.78, 5) is 25.2. The predicted octanol–water partition coefficient (Wildman–Crippen LogP) is 1.89. The Kier molecular flexibility index (Phi) is 5.02. The molecule has 1 aliphatic heterocycles. The molecule has 3 aromatic heterocycles. The number of halogens is 1. The number of hydrogen-bond acceptors (Lipinski definition) is 7. The second kappa shape index (κ2) is 7.52. The number of piperidine rings is 1. The monoisotopic (exact) mass is 434 g/mol. The summed E-state index contributed by atoms with van der Waals surface area (Å²) in [6.07, 6.45) is 5.23. The Morgan fingerprint density at radius 3 is 2.83 bits per heavy atom. The number of carbonyl (C=O) groups is 1. The number of rotatable bonds is 4. The van der Waals surface area contributed by atoms with Gasteiger partial charge >= 0.3 is 6.09 Å². The maximum atomic E-state index is 13.7. The van der Waals surface area contributed by atoms with Gasteiger partial charge in [0.25, 0.3) is 0 Å². The first-order chi connectivity index (χ1) is 14.2. The first-order valence-corrected chi connectivity index (χ1v) is 11.1. The van der Waals surface area contributed by atoms with Gasteiger partial charge in [-0.15, -0.1) is 0 Å². The summed E-state index contributed by atoms with van der Waals surface area (Å²) in [6, 6.07) is 2.48. The van der Waals surface area contributed by atoms with Gasteiger partial charge in [-0.3, -0.25) is 4.40 Å². The Balaban J connectivity index is 1.74. The minimum absolute atomic E-state index is 0.0751. The van der Waals surface area contributed by atoms with E-state index in [9.17, 15) is 22.7 Å². The average Bonchev–Trinajstić information content (AvgIpc) is 3.10. The SMILES string of the molecule is CS(=O)(=O)c1cnc(-c2cnc3ccc(F)cn23)nc1NC1CCCN(C(=O)O)C1. The van der Waals surface area contributed by atoms with Crippen molar-refractivity contribution in [2.45, 2.75) is 23.8 Å². The Morgan fingerprint density at radius 2 is 2.10 bits per heavy atom. The van der Waals surface area contributed by atoms with Gasteiger partial charge < -0.3 is 15.3 Å². The molecule has 10 nitrogen and oxygen atoms in total. The summed E-state index contributed by atoms with van der Waals surface area (Å²) in [5.74, 6) is -0.233. The molecule has 4 heterocycles. The minimum atomic E-state index is -3.65. The molecule has 0 radical (unpaired) electrons. The highest BCUT2D eigenvalue weighted by Crippen LogP contribution is 2.25. The van der Waals surface area contributed by atoms with Crippen LogP contribution in [0.1, 0.15) is 12.8 Å². The molecule has 2 N–H and O–H groups in total. The van der Waals surface area contributed by atoms with Crippen LogP contribution in [-0.4, -0.2) is 69.3 Å². The number of fused-ring (bicyclic) bond motifs is 1. The number of imidazole rings is 1. The molecular weight excluding hydrogens is 415 g/mol. The molecular formula is C18H19FN6O4S. The van der Waals surface area contributed by atoms with Crippen LogP contribution >= 0.6 is 0 Å². The first kappa shape index (κ1) is 20.0. The van der Waals surface area contributed by atoms with Crippen molar-refractivity contribution in [1.82, 2.24) is 24.3 Å². The lowest BCUT2D eigenvalue weighted by atomic mass is 10.1. The maximum Gasteiger partial charge on any atom is 0.407 e. The molecule has 3 aromatic rings. The van der Waals surface area contributed by atoms with E-state index in [1.807, 2.05) is 0 Å². The molecule has 12 heteroatoms. The van der Waals surface area contributed by atoms with Crippen molar-refractivity contribution in [3.8, 4) is 11.5 Å². The number of likely N-dealkylation sites (tertiary alicyclic amines) is 1. The summed E-state index contributed by atoms with van der Waals surface area (Å²) in [6.45, 7) is 0.632. The van der Waals surface area contributed by atoms with Crippen molar-refractivity contribution in [3.05, 3.63) is 36.5 Å². The zero-order valence-electron chi connectivity index (χ0n) is 16.0. The van der Waals surface area contributed by atoms with Crippen LogP contribution in [0.25, 0.3) is 17.2 Å². The summed E-state index contributed by atoms with van der Waals surface area (Å²) in [5, 5.41) is 12.3. The molecule has 30 heavy (non-hydrogen) atoms. The standard InChI is InChI=1S/C18H19FN6O4S/c1-30(28,29)14-8-21-16(13-7-20-15-5-4-11(19)9-25(13)15)23-17(14)22-12-3-2-6-24(10-12)18(26)27/h4-5,7-9,12H,2-3,6,10H2,1H3,(H,26,27)(H,21,22,23). The average molecular weight is 434 g/mol. The van der Waals surface area contributed by atoms with Gasteiger partial charge in [0.1, 0.15) is 27.9 Å². The zero-order chi connectivity index (χ0) is 21.5. The number of pyridine rings is 1. The quantitative estimate of drug-likeness (QED) is 0.637. The van der Waals surface area contributed by atoms with E-state index in [0.29, 0.717) is 30.7 Å². The van der Waals surface area contributed by atoms with Crippen molar-refractivity contribution >= 4 is 27.4 Å². The van der Waals surface area contributed by atoms with E-state index in [1.165, 1.54) is 40.0 Å². The minimum Gasteiger partial charge on any atom is -0.465 e. The number of hydrogen-bond donors (Lipinski definition) is 2. The topological polar surface area (TPSA) is 130 Å². The van der Waals surface area contributed by atoms with Crippen molar-refractivity contribution in [2.24, 2.45) is 0 Å². The third kappa shape index (κ3) is 3.90. The van der Waals surface area contributed by atoms with E-state index in [4.69, 9.17) is 0 Å². The van der Waals surface area contributed by atoms with Gasteiger partial charge in [0, 0.05) is 31.6 Å². The summed E-state index contributed by atoms with van der Waals surface area (Å²) in [5.41, 5.74) is 0.879. The molecule has 0 bridgehead atoms. The molecule has 0 spiro atoms. The Hall–Kier alpha value is -3.28. The molecule has 1 amide bonds. The van der Waals surface area contributed by atoms with Gasteiger partial charge in [-0.05, 0) is 25.0 Å². The highest BCUT2D eigenvalue weighted by Gasteiger charge is 2.26. The summed E-state index contributed by atoms with van der Waals surface area (Å²) < 4.78 is 39.6. The van der Waals surface area contributed by atoms with Crippen LogP contribution in [0.15, 0.2) is 35.6 Å². The van der Waals surface area contributed by atoms with Gasteiger partial charge in [-0.25, -0.2) is 32.6 Å². The van der Waals surface area contributed by atoms with Crippen LogP contribution in [0.5, 0.6) is 0 Å². The highest BCUT2D eigenvalue weighted by molar-refractivity contribution is 7.90. The number of sulfone groups is 1. The first-order valence-electron chi connectivity index (χ1n) is 9.17. The lowest BCUT2D eigenvalue weighted by molar-refractivity contribution is 0.132. The second-order valence-corrected chi connectivity index (χ2v) is 9.09. The molecule has 1 fully saturated rings. The van der Waals surface area contributed by atoms with Crippen molar-refractivity contribution < 1.29 is 22.7 Å². The van der Waals surface area contributed by atoms with Gasteiger partial charge in [0.05, 0.1) is 12.4 Å². The van der Waals surface area contributed by atoms with Crippen LogP contribution < -0.4 is 5.32 Å². The molecule has 1 atom stereocenters. The normalized spacial score (nSPS) is 17.3. The van der Waals surface area contributed by atoms with Gasteiger partial charge in [0.2, 0.25) is 0 Å². The number of amides is 1. The van der Waals surface area contributed by atoms with Crippen molar-refractivity contribution in [2.75, 3.05) is 24.7 Å². The lowest BCUT2D eigenvalue weighted by Gasteiger charge is -2.31. The molecule has 0 aromatic carbocycles. The van der Waals surface area contributed by atoms with E-state index in [2.05, 4.69) is 20.3 Å². The third-order valence-electron chi connectivity index (χ3n) is 4.89. The van der Waals surface area contributed by atoms with Crippen LogP contribution in [0.2, 0.25) is 0 Å². The number of carboxylic acid groups (broad SMARTS) is 1. The number of aromatic nitrogens is 4. The van der Waals surface area contributed by atoms with E-state index < -0.39 is 21.7 Å². The fourth-order valence-corrected chi connectivity index (χ4v) is 4.15. The predicted molar refractivity (Wildman–Crippen MR) is 106 cm³/mol. The zero-order valence-corrected chi connectivity index (χ0v) is 16.8. The van der Waals surface area contributed by atoms with Crippen molar-refractivity contribution in [3.63, 3.8) is 0 Å². The summed E-state index contributed by atoms with van der Waals surface area (Å²) in [7, 11) is -3.65. The molecule has 1 saturated heterocycles. The number of anilines is 1. The molecule has 158 valence electrons. The Bertz CT molecular complexity index is 1230. The van der Waals surface area contributed by atoms with Crippen LogP contribution in [0.4, 0.5) is 15.0 Å². The molecule has 0 saturated carbocycles. The fraction of sp³-hybridized carbons (Fsp3) is 0.333. The van der Waals surface area contributed by atoms with Crippen LogP contribution in [-0.2, 0) is 9.84 Å². The fourth-order valence-electron chi connectivity index (χ4n) is 3.45.